The van der Waals surface area contributed by atoms with Gasteiger partial charge in [-0.05, 0) is 35.8 Å². The lowest BCUT2D eigenvalue weighted by atomic mass is 9.95. The van der Waals surface area contributed by atoms with E-state index in [0.29, 0.717) is 17.9 Å². The Kier molecular flexibility index (Phi) is 5.61. The number of nitrogens with one attached hydrogen (secondary N) is 2. The number of amides is 2. The van der Waals surface area contributed by atoms with Crippen LogP contribution in [0.5, 0.6) is 11.5 Å². The SMILES string of the molecule is CCOc1cc([C@H]2NC(=O)NC(C)=C2C(=O)OC)c(Cl)c(Br)c1O. The molecule has 1 aliphatic rings. The molecule has 0 unspecified atom stereocenters. The summed E-state index contributed by atoms with van der Waals surface area (Å²) in [5.74, 6) is -0.590. The van der Waals surface area contributed by atoms with Crippen molar-refractivity contribution >= 4 is 39.5 Å². The van der Waals surface area contributed by atoms with E-state index in [1.807, 2.05) is 0 Å². The molecule has 1 aromatic rings. The van der Waals surface area contributed by atoms with E-state index in [0.717, 1.165) is 0 Å². The number of hydrogen-bond acceptors (Lipinski definition) is 5. The number of phenols is 1. The Morgan fingerprint density at radius 3 is 2.75 bits per heavy atom. The highest BCUT2D eigenvalue weighted by atomic mass is 79.9. The van der Waals surface area contributed by atoms with Crippen molar-refractivity contribution in [1.29, 1.82) is 0 Å². The van der Waals surface area contributed by atoms with E-state index in [-0.39, 0.29) is 26.6 Å². The minimum Gasteiger partial charge on any atom is -0.503 e. The molecule has 0 radical (unpaired) electrons. The number of rotatable bonds is 4. The zero-order valence-corrected chi connectivity index (χ0v) is 15.5. The molecule has 0 saturated heterocycles. The number of benzene rings is 1. The van der Waals surface area contributed by atoms with E-state index < -0.39 is 18.0 Å². The summed E-state index contributed by atoms with van der Waals surface area (Å²) in [6.45, 7) is 3.67. The normalized spacial score (nSPS) is 17.2. The fraction of sp³-hybridized carbons (Fsp3) is 0.333. The predicted molar refractivity (Wildman–Crippen MR) is 91.1 cm³/mol. The van der Waals surface area contributed by atoms with Crippen molar-refractivity contribution in [3.05, 3.63) is 32.4 Å². The number of hydrogen-bond donors (Lipinski definition) is 3. The molecular weight excluding hydrogens is 404 g/mol. The molecule has 130 valence electrons. The van der Waals surface area contributed by atoms with Crippen LogP contribution >= 0.6 is 27.5 Å². The van der Waals surface area contributed by atoms with E-state index in [9.17, 15) is 14.7 Å². The molecule has 7 nitrogen and oxygen atoms in total. The molecule has 0 fully saturated rings. The number of aromatic hydroxyl groups is 1. The van der Waals surface area contributed by atoms with Gasteiger partial charge >= 0.3 is 12.0 Å². The molecule has 1 aliphatic heterocycles. The molecule has 2 amide bonds. The topological polar surface area (TPSA) is 96.9 Å². The number of carbonyl (C=O) groups is 2. The first-order valence-corrected chi connectivity index (χ1v) is 8.19. The molecule has 0 bridgehead atoms. The van der Waals surface area contributed by atoms with Crippen molar-refractivity contribution in [2.75, 3.05) is 13.7 Å². The lowest BCUT2D eigenvalue weighted by Gasteiger charge is -2.29. The van der Waals surface area contributed by atoms with Crippen molar-refractivity contribution in [3.8, 4) is 11.5 Å². The number of halogens is 2. The second-order valence-corrected chi connectivity index (χ2v) is 6.11. The van der Waals surface area contributed by atoms with Gasteiger partial charge in [-0.15, -0.1) is 0 Å². The van der Waals surface area contributed by atoms with Crippen LogP contribution in [0.2, 0.25) is 5.02 Å². The fourth-order valence-electron chi connectivity index (χ4n) is 2.40. The molecular formula is C15H16BrClN2O5. The maximum Gasteiger partial charge on any atom is 0.337 e. The van der Waals surface area contributed by atoms with E-state index in [1.54, 1.807) is 13.8 Å². The van der Waals surface area contributed by atoms with Gasteiger partial charge in [0.15, 0.2) is 11.5 Å². The first kappa shape index (κ1) is 18.4. The van der Waals surface area contributed by atoms with Crippen LogP contribution in [-0.2, 0) is 9.53 Å². The van der Waals surface area contributed by atoms with E-state index in [2.05, 4.69) is 26.6 Å². The second-order valence-electron chi connectivity index (χ2n) is 4.94. The third-order valence-corrected chi connectivity index (χ3v) is 4.87. The second kappa shape index (κ2) is 7.31. The molecule has 24 heavy (non-hydrogen) atoms. The highest BCUT2D eigenvalue weighted by molar-refractivity contribution is 9.10. The van der Waals surface area contributed by atoms with Gasteiger partial charge in [0.1, 0.15) is 0 Å². The van der Waals surface area contributed by atoms with Crippen LogP contribution in [0.25, 0.3) is 0 Å². The van der Waals surface area contributed by atoms with Crippen LogP contribution in [0.15, 0.2) is 21.8 Å². The third-order valence-electron chi connectivity index (χ3n) is 3.46. The molecule has 9 heteroatoms. The summed E-state index contributed by atoms with van der Waals surface area (Å²) in [6.07, 6.45) is 0. The molecule has 2 rings (SSSR count). The predicted octanol–water partition coefficient (Wildman–Crippen LogP) is 3.01. The first-order chi connectivity index (χ1) is 11.3. The van der Waals surface area contributed by atoms with Gasteiger partial charge < -0.3 is 25.2 Å². The van der Waals surface area contributed by atoms with Gasteiger partial charge in [-0.25, -0.2) is 9.59 Å². The highest BCUT2D eigenvalue weighted by Crippen LogP contribution is 2.45. The van der Waals surface area contributed by atoms with Gasteiger partial charge in [-0.2, -0.15) is 0 Å². The Hall–Kier alpha value is -1.93. The van der Waals surface area contributed by atoms with Crippen molar-refractivity contribution in [2.45, 2.75) is 19.9 Å². The minimum atomic E-state index is -0.852. The number of allylic oxidation sites excluding steroid dienone is 1. The number of urea groups is 1. The van der Waals surface area contributed by atoms with Crippen molar-refractivity contribution in [3.63, 3.8) is 0 Å². The molecule has 0 spiro atoms. The summed E-state index contributed by atoms with van der Waals surface area (Å²) in [7, 11) is 1.25. The lowest BCUT2D eigenvalue weighted by molar-refractivity contribution is -0.136. The minimum absolute atomic E-state index is 0.150. The van der Waals surface area contributed by atoms with E-state index in [4.69, 9.17) is 21.1 Å². The van der Waals surface area contributed by atoms with Crippen LogP contribution in [0, 0.1) is 0 Å². The fourth-order valence-corrected chi connectivity index (χ4v) is 3.07. The van der Waals surface area contributed by atoms with Gasteiger partial charge in [-0.3, -0.25) is 0 Å². The molecule has 0 aromatic heterocycles. The van der Waals surface area contributed by atoms with Crippen molar-refractivity contribution < 1.29 is 24.2 Å². The highest BCUT2D eigenvalue weighted by Gasteiger charge is 2.34. The van der Waals surface area contributed by atoms with Gasteiger partial charge in [0.05, 0.1) is 34.8 Å². The van der Waals surface area contributed by atoms with Crippen LogP contribution in [0.4, 0.5) is 4.79 Å². The molecule has 1 heterocycles. The Bertz CT molecular complexity index is 735. The molecule has 1 atom stereocenters. The smallest absolute Gasteiger partial charge is 0.337 e. The standard InChI is InChI=1S/C15H16BrClN2O5/c1-4-24-8-5-7(11(17)10(16)13(8)20)12-9(14(21)23-3)6(2)18-15(22)19-12/h5,12,20H,4H2,1-3H3,(H2,18,19,22)/t12-/m1/s1. The quantitative estimate of drug-likeness (QED) is 0.652. The van der Waals surface area contributed by atoms with Crippen LogP contribution in [0.3, 0.4) is 0 Å². The summed E-state index contributed by atoms with van der Waals surface area (Å²) in [4.78, 5) is 24.0. The van der Waals surface area contributed by atoms with E-state index in [1.165, 1.54) is 13.2 Å². The summed E-state index contributed by atoms with van der Waals surface area (Å²) < 4.78 is 10.4. The van der Waals surface area contributed by atoms with Crippen LogP contribution in [-0.4, -0.2) is 30.8 Å². The van der Waals surface area contributed by atoms with E-state index >= 15 is 0 Å². The maximum absolute atomic E-state index is 12.1. The number of phenolic OH excluding ortho intramolecular Hbond substituents is 1. The number of ether oxygens (including phenoxy) is 2. The van der Waals surface area contributed by atoms with Crippen molar-refractivity contribution in [1.82, 2.24) is 10.6 Å². The Morgan fingerprint density at radius 1 is 1.50 bits per heavy atom. The third kappa shape index (κ3) is 3.29. The largest absolute Gasteiger partial charge is 0.503 e. The van der Waals surface area contributed by atoms with Gasteiger partial charge in [0.2, 0.25) is 0 Å². The average Bonchev–Trinajstić information content (AvgIpc) is 2.54. The number of esters is 1. The van der Waals surface area contributed by atoms with Crippen LogP contribution in [0.1, 0.15) is 25.5 Å². The summed E-state index contributed by atoms with van der Waals surface area (Å²) in [5, 5.41) is 15.4. The Morgan fingerprint density at radius 2 is 2.17 bits per heavy atom. The first-order valence-electron chi connectivity index (χ1n) is 7.02. The lowest BCUT2D eigenvalue weighted by Crippen LogP contribution is -2.45. The van der Waals surface area contributed by atoms with Gasteiger partial charge in [0, 0.05) is 11.3 Å². The van der Waals surface area contributed by atoms with Gasteiger partial charge in [0.25, 0.3) is 0 Å². The molecule has 1 aromatic carbocycles. The average molecular weight is 420 g/mol. The molecule has 0 aliphatic carbocycles. The van der Waals surface area contributed by atoms with Crippen LogP contribution < -0.4 is 15.4 Å². The summed E-state index contributed by atoms with van der Waals surface area (Å²) in [6, 6.07) is 0.150. The monoisotopic (exact) mass is 418 g/mol. The van der Waals surface area contributed by atoms with Crippen molar-refractivity contribution in [2.24, 2.45) is 0 Å². The summed E-state index contributed by atoms with van der Waals surface area (Å²) in [5.41, 5.74) is 0.951. The number of carbonyl (C=O) groups excluding carboxylic acids is 2. The molecule has 3 N–H and O–H groups in total. The number of methoxy groups -OCH3 is 1. The van der Waals surface area contributed by atoms with Gasteiger partial charge in [-0.1, -0.05) is 11.6 Å². The zero-order chi connectivity index (χ0) is 18.0. The molecule has 0 saturated carbocycles. The summed E-state index contributed by atoms with van der Waals surface area (Å²) >= 11 is 9.50. The maximum atomic E-state index is 12.1. The Balaban J connectivity index is 2.66. The Labute approximate surface area is 152 Å². The zero-order valence-electron chi connectivity index (χ0n) is 13.2.